The topological polar surface area (TPSA) is 81.4 Å². The first kappa shape index (κ1) is 19.5. The summed E-state index contributed by atoms with van der Waals surface area (Å²) in [6.45, 7) is 4.34. The number of fused-ring (bicyclic) bond motifs is 2. The molecule has 31 heavy (non-hydrogen) atoms. The van der Waals surface area contributed by atoms with E-state index < -0.39 is 6.03 Å². The van der Waals surface area contributed by atoms with E-state index in [9.17, 15) is 9.59 Å². The number of anilines is 1. The molecule has 0 bridgehead atoms. The van der Waals surface area contributed by atoms with Crippen molar-refractivity contribution < 1.29 is 9.53 Å². The van der Waals surface area contributed by atoms with Crippen LogP contribution in [0.3, 0.4) is 0 Å². The van der Waals surface area contributed by atoms with Crippen molar-refractivity contribution >= 4 is 33.7 Å². The number of aromatic nitrogens is 3. The summed E-state index contributed by atoms with van der Waals surface area (Å²) >= 11 is 0. The van der Waals surface area contributed by atoms with Crippen LogP contribution in [0.2, 0.25) is 0 Å². The molecule has 3 heterocycles. The fraction of sp³-hybridized carbons (Fsp3) is 0.261. The summed E-state index contributed by atoms with van der Waals surface area (Å²) in [7, 11) is 0. The van der Waals surface area contributed by atoms with Gasteiger partial charge in [0.15, 0.2) is 0 Å². The van der Waals surface area contributed by atoms with Gasteiger partial charge < -0.3 is 4.74 Å². The molecule has 1 fully saturated rings. The number of morpholine rings is 1. The maximum atomic E-state index is 13.3. The number of nitrogens with one attached hydrogen (secondary N) is 1. The van der Waals surface area contributed by atoms with Gasteiger partial charge in [-0.05, 0) is 23.6 Å². The third-order valence-electron chi connectivity index (χ3n) is 5.68. The van der Waals surface area contributed by atoms with Crippen molar-refractivity contribution in [3.05, 3.63) is 71.3 Å². The Kier molecular flexibility index (Phi) is 5.23. The van der Waals surface area contributed by atoms with E-state index >= 15 is 0 Å². The van der Waals surface area contributed by atoms with E-state index in [1.165, 1.54) is 4.57 Å². The molecule has 0 aliphatic carbocycles. The number of carbonyl (C=O) groups excluding carboxylic acids is 1. The number of para-hydroxylation sites is 2. The maximum Gasteiger partial charge on any atom is 0.337 e. The Labute approximate surface area is 178 Å². The Bertz CT molecular complexity index is 1300. The zero-order valence-corrected chi connectivity index (χ0v) is 17.0. The van der Waals surface area contributed by atoms with Gasteiger partial charge in [0, 0.05) is 37.8 Å². The van der Waals surface area contributed by atoms with E-state index in [1.807, 2.05) is 48.5 Å². The smallest absolute Gasteiger partial charge is 0.337 e. The Morgan fingerprint density at radius 3 is 2.55 bits per heavy atom. The van der Waals surface area contributed by atoms with Gasteiger partial charge in [0.1, 0.15) is 5.82 Å². The van der Waals surface area contributed by atoms with Crippen molar-refractivity contribution in [2.24, 2.45) is 0 Å². The van der Waals surface area contributed by atoms with Gasteiger partial charge in [0.2, 0.25) is 0 Å². The molecule has 4 aromatic rings. The van der Waals surface area contributed by atoms with Gasteiger partial charge in [-0.3, -0.25) is 14.8 Å². The molecule has 0 radical (unpaired) electrons. The zero-order chi connectivity index (χ0) is 21.2. The number of hydrogen-bond acceptors (Lipinski definition) is 5. The maximum absolute atomic E-state index is 13.3. The monoisotopic (exact) mass is 417 g/mol. The highest BCUT2D eigenvalue weighted by Crippen LogP contribution is 2.21. The first-order valence-electron chi connectivity index (χ1n) is 10.4. The second-order valence-electron chi connectivity index (χ2n) is 7.52. The molecule has 1 aliphatic rings. The van der Waals surface area contributed by atoms with Crippen LogP contribution in [0.15, 0.2) is 65.6 Å². The van der Waals surface area contributed by atoms with Crippen LogP contribution >= 0.6 is 0 Å². The molecular weight excluding hydrogens is 394 g/mol. The fourth-order valence-electron chi connectivity index (χ4n) is 4.06. The molecule has 158 valence electrons. The van der Waals surface area contributed by atoms with Gasteiger partial charge in [-0.2, -0.15) is 0 Å². The lowest BCUT2D eigenvalue weighted by Crippen LogP contribution is -2.40. The number of imidazole rings is 1. The second-order valence-corrected chi connectivity index (χ2v) is 7.52. The lowest BCUT2D eigenvalue weighted by molar-refractivity contribution is 0.0364. The molecule has 0 unspecified atom stereocenters. The Morgan fingerprint density at radius 2 is 1.71 bits per heavy atom. The summed E-state index contributed by atoms with van der Waals surface area (Å²) in [6, 6.07) is 16.4. The van der Waals surface area contributed by atoms with Crippen LogP contribution < -0.4 is 11.0 Å². The van der Waals surface area contributed by atoms with Gasteiger partial charge in [-0.15, -0.1) is 0 Å². The quantitative estimate of drug-likeness (QED) is 0.552. The average molecular weight is 417 g/mol. The first-order chi connectivity index (χ1) is 15.2. The van der Waals surface area contributed by atoms with Crippen molar-refractivity contribution in [1.82, 2.24) is 19.0 Å². The van der Waals surface area contributed by atoms with Crippen molar-refractivity contribution in [1.29, 1.82) is 0 Å². The van der Waals surface area contributed by atoms with E-state index in [1.54, 1.807) is 16.8 Å². The predicted octanol–water partition coefficient (Wildman–Crippen LogP) is 2.76. The van der Waals surface area contributed by atoms with Gasteiger partial charge in [0.05, 0.1) is 24.2 Å². The van der Waals surface area contributed by atoms with Crippen LogP contribution in [0, 0.1) is 0 Å². The summed E-state index contributed by atoms with van der Waals surface area (Å²) in [6.07, 6.45) is 1.65. The van der Waals surface area contributed by atoms with Gasteiger partial charge in [0.25, 0.3) is 0 Å². The Morgan fingerprint density at radius 1 is 0.968 bits per heavy atom. The standard InChI is InChI=1S/C23H23N5O3/c29-22(25-21-18-6-2-1-5-17(18)9-10-24-21)28-20-8-4-3-7-19(20)27(23(28)30)12-11-26-13-15-31-16-14-26/h1-10H,11-16H2,(H,24,25,29). The third kappa shape index (κ3) is 3.71. The first-order valence-corrected chi connectivity index (χ1v) is 10.4. The minimum Gasteiger partial charge on any atom is -0.379 e. The van der Waals surface area contributed by atoms with E-state index in [0.29, 0.717) is 31.1 Å². The van der Waals surface area contributed by atoms with E-state index in [0.717, 1.165) is 35.9 Å². The van der Waals surface area contributed by atoms with E-state index in [-0.39, 0.29) is 5.69 Å². The Balaban J connectivity index is 1.48. The molecule has 0 atom stereocenters. The minimum atomic E-state index is -0.518. The SMILES string of the molecule is O=C(Nc1nccc2ccccc12)n1c(=O)n(CCN2CCOCC2)c2ccccc21. The summed E-state index contributed by atoms with van der Waals surface area (Å²) < 4.78 is 8.26. The summed E-state index contributed by atoms with van der Waals surface area (Å²) in [5.74, 6) is 0.431. The number of carbonyl (C=O) groups is 1. The van der Waals surface area contributed by atoms with Crippen molar-refractivity contribution in [2.45, 2.75) is 6.54 Å². The molecule has 1 saturated heterocycles. The number of amides is 1. The summed E-state index contributed by atoms with van der Waals surface area (Å²) in [5.41, 5.74) is 0.959. The second kappa shape index (κ2) is 8.33. The average Bonchev–Trinajstić information content (AvgIpc) is 3.10. The highest BCUT2D eigenvalue weighted by molar-refractivity contribution is 6.02. The highest BCUT2D eigenvalue weighted by Gasteiger charge is 2.20. The molecule has 2 aromatic heterocycles. The van der Waals surface area contributed by atoms with Crippen LogP contribution in [0.25, 0.3) is 21.8 Å². The van der Waals surface area contributed by atoms with Crippen LogP contribution in [-0.4, -0.2) is 57.9 Å². The number of ether oxygens (including phenoxy) is 1. The van der Waals surface area contributed by atoms with Crippen LogP contribution in [0.5, 0.6) is 0 Å². The third-order valence-corrected chi connectivity index (χ3v) is 5.68. The number of benzene rings is 2. The van der Waals surface area contributed by atoms with Crippen LogP contribution in [0.4, 0.5) is 10.6 Å². The minimum absolute atomic E-state index is 0.354. The van der Waals surface area contributed by atoms with E-state index in [4.69, 9.17) is 4.74 Å². The van der Waals surface area contributed by atoms with Crippen LogP contribution in [-0.2, 0) is 11.3 Å². The predicted molar refractivity (Wildman–Crippen MR) is 120 cm³/mol. The van der Waals surface area contributed by atoms with Crippen molar-refractivity contribution in [3.8, 4) is 0 Å². The zero-order valence-electron chi connectivity index (χ0n) is 17.0. The summed E-state index contributed by atoms with van der Waals surface area (Å²) in [5, 5.41) is 4.61. The number of hydrogen-bond donors (Lipinski definition) is 1. The molecule has 2 aromatic carbocycles. The van der Waals surface area contributed by atoms with Gasteiger partial charge in [-0.25, -0.2) is 19.1 Å². The van der Waals surface area contributed by atoms with E-state index in [2.05, 4.69) is 15.2 Å². The number of rotatable bonds is 4. The lowest BCUT2D eigenvalue weighted by atomic mass is 10.1. The summed E-state index contributed by atoms with van der Waals surface area (Å²) in [4.78, 5) is 33.0. The fourth-order valence-corrected chi connectivity index (χ4v) is 4.06. The van der Waals surface area contributed by atoms with Crippen molar-refractivity contribution in [2.75, 3.05) is 38.2 Å². The number of nitrogens with zero attached hydrogens (tertiary/aromatic N) is 4. The molecule has 8 nitrogen and oxygen atoms in total. The van der Waals surface area contributed by atoms with Gasteiger partial charge in [-0.1, -0.05) is 36.4 Å². The molecular formula is C23H23N5O3. The normalized spacial score (nSPS) is 14.8. The Hall–Kier alpha value is -3.49. The molecule has 1 aliphatic heterocycles. The molecule has 5 rings (SSSR count). The largest absolute Gasteiger partial charge is 0.379 e. The number of pyridine rings is 1. The molecule has 1 N–H and O–H groups in total. The van der Waals surface area contributed by atoms with Gasteiger partial charge >= 0.3 is 11.7 Å². The lowest BCUT2D eigenvalue weighted by Gasteiger charge is -2.26. The molecule has 8 heteroatoms. The van der Waals surface area contributed by atoms with Crippen LogP contribution in [0.1, 0.15) is 0 Å². The highest BCUT2D eigenvalue weighted by atomic mass is 16.5. The molecule has 0 saturated carbocycles. The van der Waals surface area contributed by atoms with Crippen molar-refractivity contribution in [3.63, 3.8) is 0 Å². The molecule has 1 amide bonds. The molecule has 0 spiro atoms.